The Morgan fingerprint density at radius 1 is 1.56 bits per heavy atom. The van der Waals surface area contributed by atoms with Gasteiger partial charge in [-0.05, 0) is 30.5 Å². The van der Waals surface area contributed by atoms with Gasteiger partial charge in [-0.2, -0.15) is 0 Å². The van der Waals surface area contributed by atoms with Crippen LogP contribution in [-0.4, -0.2) is 29.0 Å². The van der Waals surface area contributed by atoms with Crippen LogP contribution in [0.3, 0.4) is 0 Å². The molecule has 86 valence electrons. The molecule has 1 saturated heterocycles. The van der Waals surface area contributed by atoms with Crippen molar-refractivity contribution in [1.29, 1.82) is 0 Å². The summed E-state index contributed by atoms with van der Waals surface area (Å²) in [6.45, 7) is 3.66. The standard InChI is InChI=1S/C12H14ClNO2/c1-8-4-5-14(7-8)12(16)10-6-9(15)2-3-11(10)13/h2-3,6,8,15H,4-5,7H2,1H3. The van der Waals surface area contributed by atoms with Crippen LogP contribution in [0.15, 0.2) is 18.2 Å². The van der Waals surface area contributed by atoms with E-state index in [1.54, 1.807) is 11.0 Å². The fourth-order valence-corrected chi connectivity index (χ4v) is 2.17. The van der Waals surface area contributed by atoms with Crippen molar-refractivity contribution >= 4 is 17.5 Å². The zero-order valence-electron chi connectivity index (χ0n) is 9.11. The molecule has 0 aliphatic carbocycles. The molecular weight excluding hydrogens is 226 g/mol. The second-order valence-electron chi connectivity index (χ2n) is 4.31. The summed E-state index contributed by atoms with van der Waals surface area (Å²) >= 11 is 5.95. The molecular formula is C12H14ClNO2. The molecule has 16 heavy (non-hydrogen) atoms. The number of rotatable bonds is 1. The Hall–Kier alpha value is -1.22. The number of aromatic hydroxyl groups is 1. The fourth-order valence-electron chi connectivity index (χ4n) is 1.97. The van der Waals surface area contributed by atoms with Crippen LogP contribution in [0.2, 0.25) is 5.02 Å². The molecule has 1 aliphatic rings. The van der Waals surface area contributed by atoms with Gasteiger partial charge in [0.05, 0.1) is 10.6 Å². The molecule has 1 amide bonds. The summed E-state index contributed by atoms with van der Waals surface area (Å²) in [6, 6.07) is 4.45. The summed E-state index contributed by atoms with van der Waals surface area (Å²) in [7, 11) is 0. The maximum atomic E-state index is 12.1. The number of carbonyl (C=O) groups excluding carboxylic acids is 1. The van der Waals surface area contributed by atoms with Crippen LogP contribution in [0.1, 0.15) is 23.7 Å². The van der Waals surface area contributed by atoms with E-state index < -0.39 is 0 Å². The van der Waals surface area contributed by atoms with Crippen LogP contribution < -0.4 is 0 Å². The van der Waals surface area contributed by atoms with Crippen molar-refractivity contribution in [1.82, 2.24) is 4.90 Å². The van der Waals surface area contributed by atoms with Gasteiger partial charge in [-0.3, -0.25) is 4.79 Å². The average Bonchev–Trinajstić information content (AvgIpc) is 2.67. The minimum atomic E-state index is -0.0924. The normalized spacial score (nSPS) is 20.1. The van der Waals surface area contributed by atoms with E-state index in [9.17, 15) is 9.90 Å². The van der Waals surface area contributed by atoms with E-state index in [2.05, 4.69) is 6.92 Å². The SMILES string of the molecule is CC1CCN(C(=O)c2cc(O)ccc2Cl)C1. The fraction of sp³-hybridized carbons (Fsp3) is 0.417. The summed E-state index contributed by atoms with van der Waals surface area (Å²) in [4.78, 5) is 13.9. The maximum Gasteiger partial charge on any atom is 0.255 e. The lowest BCUT2D eigenvalue weighted by Crippen LogP contribution is -2.28. The van der Waals surface area contributed by atoms with Crippen molar-refractivity contribution in [2.24, 2.45) is 5.92 Å². The second-order valence-corrected chi connectivity index (χ2v) is 4.72. The van der Waals surface area contributed by atoms with E-state index in [4.69, 9.17) is 11.6 Å². The summed E-state index contributed by atoms with van der Waals surface area (Å²) < 4.78 is 0. The van der Waals surface area contributed by atoms with Gasteiger partial charge in [0.1, 0.15) is 5.75 Å². The molecule has 1 heterocycles. The number of benzene rings is 1. The van der Waals surface area contributed by atoms with Crippen LogP contribution in [0.5, 0.6) is 5.75 Å². The van der Waals surface area contributed by atoms with Crippen molar-refractivity contribution < 1.29 is 9.90 Å². The molecule has 3 nitrogen and oxygen atoms in total. The Morgan fingerprint density at radius 3 is 2.94 bits per heavy atom. The first-order chi connectivity index (χ1) is 7.58. The minimum absolute atomic E-state index is 0.0694. The van der Waals surface area contributed by atoms with Gasteiger partial charge in [-0.15, -0.1) is 0 Å². The predicted octanol–water partition coefficient (Wildman–Crippen LogP) is 2.53. The van der Waals surface area contributed by atoms with Crippen LogP contribution in [0.4, 0.5) is 0 Å². The highest BCUT2D eigenvalue weighted by Crippen LogP contribution is 2.25. The highest BCUT2D eigenvalue weighted by molar-refractivity contribution is 6.33. The first kappa shape index (κ1) is 11.3. The molecule has 0 saturated carbocycles. The molecule has 0 spiro atoms. The molecule has 1 N–H and O–H groups in total. The zero-order valence-corrected chi connectivity index (χ0v) is 9.87. The lowest BCUT2D eigenvalue weighted by Gasteiger charge is -2.16. The van der Waals surface area contributed by atoms with E-state index in [-0.39, 0.29) is 11.7 Å². The van der Waals surface area contributed by atoms with Crippen LogP contribution >= 0.6 is 11.6 Å². The predicted molar refractivity (Wildman–Crippen MR) is 62.8 cm³/mol. The Labute approximate surface area is 99.6 Å². The maximum absolute atomic E-state index is 12.1. The van der Waals surface area contributed by atoms with E-state index in [1.807, 2.05) is 0 Å². The Balaban J connectivity index is 2.23. The van der Waals surface area contributed by atoms with Gasteiger partial charge >= 0.3 is 0 Å². The third-order valence-electron chi connectivity index (χ3n) is 2.89. The molecule has 1 aliphatic heterocycles. The number of hydrogen-bond donors (Lipinski definition) is 1. The van der Waals surface area contributed by atoms with Crippen molar-refractivity contribution in [3.05, 3.63) is 28.8 Å². The van der Waals surface area contributed by atoms with E-state index in [0.29, 0.717) is 16.5 Å². The van der Waals surface area contributed by atoms with Gasteiger partial charge in [-0.1, -0.05) is 18.5 Å². The van der Waals surface area contributed by atoms with E-state index in [0.717, 1.165) is 19.5 Å². The van der Waals surface area contributed by atoms with Gasteiger partial charge in [0.2, 0.25) is 0 Å². The zero-order chi connectivity index (χ0) is 11.7. The number of hydrogen-bond acceptors (Lipinski definition) is 2. The molecule has 1 aromatic carbocycles. The summed E-state index contributed by atoms with van der Waals surface area (Å²) in [5, 5.41) is 9.74. The number of phenolic OH excluding ortho intramolecular Hbond substituents is 1. The molecule has 0 radical (unpaired) electrons. The quantitative estimate of drug-likeness (QED) is 0.818. The number of carbonyl (C=O) groups is 1. The van der Waals surface area contributed by atoms with Crippen molar-refractivity contribution in [2.45, 2.75) is 13.3 Å². The van der Waals surface area contributed by atoms with Gasteiger partial charge in [0, 0.05) is 13.1 Å². The number of phenols is 1. The van der Waals surface area contributed by atoms with Gasteiger partial charge in [0.25, 0.3) is 5.91 Å². The number of amides is 1. The van der Waals surface area contributed by atoms with Gasteiger partial charge in [0.15, 0.2) is 0 Å². The molecule has 0 aromatic heterocycles. The largest absolute Gasteiger partial charge is 0.508 e. The summed E-state index contributed by atoms with van der Waals surface area (Å²) in [6.07, 6.45) is 1.03. The average molecular weight is 240 g/mol. The van der Waals surface area contributed by atoms with Crippen molar-refractivity contribution in [2.75, 3.05) is 13.1 Å². The smallest absolute Gasteiger partial charge is 0.255 e. The Morgan fingerprint density at radius 2 is 2.31 bits per heavy atom. The minimum Gasteiger partial charge on any atom is -0.508 e. The summed E-state index contributed by atoms with van der Waals surface area (Å²) in [5.74, 6) is 0.519. The molecule has 4 heteroatoms. The summed E-state index contributed by atoms with van der Waals surface area (Å²) in [5.41, 5.74) is 0.385. The number of nitrogens with zero attached hydrogens (tertiary/aromatic N) is 1. The van der Waals surface area contributed by atoms with Crippen LogP contribution in [0.25, 0.3) is 0 Å². The highest BCUT2D eigenvalue weighted by Gasteiger charge is 2.25. The van der Waals surface area contributed by atoms with Gasteiger partial charge in [-0.25, -0.2) is 0 Å². The number of halogens is 1. The number of likely N-dealkylation sites (tertiary alicyclic amines) is 1. The first-order valence-corrected chi connectivity index (χ1v) is 5.73. The molecule has 1 atom stereocenters. The Bertz CT molecular complexity index is 419. The van der Waals surface area contributed by atoms with Crippen molar-refractivity contribution in [3.8, 4) is 5.75 Å². The molecule has 0 bridgehead atoms. The topological polar surface area (TPSA) is 40.5 Å². The third-order valence-corrected chi connectivity index (χ3v) is 3.22. The second kappa shape index (κ2) is 4.34. The van der Waals surface area contributed by atoms with E-state index in [1.165, 1.54) is 12.1 Å². The van der Waals surface area contributed by atoms with Crippen LogP contribution in [-0.2, 0) is 0 Å². The third kappa shape index (κ3) is 2.14. The molecule has 1 fully saturated rings. The lowest BCUT2D eigenvalue weighted by molar-refractivity contribution is 0.0788. The lowest BCUT2D eigenvalue weighted by atomic mass is 10.1. The monoisotopic (exact) mass is 239 g/mol. The van der Waals surface area contributed by atoms with Crippen molar-refractivity contribution in [3.63, 3.8) is 0 Å². The van der Waals surface area contributed by atoms with Gasteiger partial charge < -0.3 is 10.0 Å². The highest BCUT2D eigenvalue weighted by atomic mass is 35.5. The molecule has 1 unspecified atom stereocenters. The van der Waals surface area contributed by atoms with E-state index >= 15 is 0 Å². The molecule has 1 aromatic rings. The first-order valence-electron chi connectivity index (χ1n) is 5.35. The molecule has 2 rings (SSSR count). The van der Waals surface area contributed by atoms with Crippen LogP contribution in [0, 0.1) is 5.92 Å². The Kier molecular flexibility index (Phi) is 3.06.